The summed E-state index contributed by atoms with van der Waals surface area (Å²) < 4.78 is 29.2. The van der Waals surface area contributed by atoms with Crippen LogP contribution in [-0.4, -0.2) is 43.8 Å². The van der Waals surface area contributed by atoms with Crippen molar-refractivity contribution in [1.82, 2.24) is 10.2 Å². The Labute approximate surface area is 265 Å². The highest BCUT2D eigenvalue weighted by atomic mass is 35.5. The molecule has 0 unspecified atom stereocenters. The van der Waals surface area contributed by atoms with Gasteiger partial charge in [-0.15, -0.1) is 0 Å². The molecule has 2 atom stereocenters. The zero-order chi connectivity index (χ0) is 31.7. The van der Waals surface area contributed by atoms with Crippen molar-refractivity contribution in [3.05, 3.63) is 131 Å². The number of halogens is 1. The second-order valence-electron chi connectivity index (χ2n) is 10.8. The first-order valence-electron chi connectivity index (χ1n) is 14.6. The number of rotatable bonds is 13. The van der Waals surface area contributed by atoms with E-state index in [4.69, 9.17) is 11.6 Å². The molecule has 4 aromatic carbocycles. The standard InChI is InChI=1S/C35H38ClN3O4S/c1-4-27(3)37-35(41)33(23-28-13-7-5-8-14-28)38(24-29-18-20-30(36)21-19-29)34(40)25-39(31-15-11-12-26(2)22-31)44(42,43)32-16-9-6-10-17-32/h5-22,27,33H,4,23-25H2,1-3H3,(H,37,41)/t27-,33-/m1/s1. The Morgan fingerprint density at radius 2 is 1.48 bits per heavy atom. The van der Waals surface area contributed by atoms with Gasteiger partial charge in [0.05, 0.1) is 10.6 Å². The second-order valence-corrected chi connectivity index (χ2v) is 13.1. The smallest absolute Gasteiger partial charge is 0.264 e. The number of sulfonamides is 1. The van der Waals surface area contributed by atoms with Crippen molar-refractivity contribution < 1.29 is 18.0 Å². The van der Waals surface area contributed by atoms with E-state index in [1.165, 1.54) is 17.0 Å². The molecule has 0 bridgehead atoms. The van der Waals surface area contributed by atoms with Gasteiger partial charge in [-0.25, -0.2) is 8.42 Å². The number of carbonyl (C=O) groups is 2. The van der Waals surface area contributed by atoms with E-state index in [9.17, 15) is 18.0 Å². The van der Waals surface area contributed by atoms with Crippen LogP contribution in [0.1, 0.15) is 37.0 Å². The summed E-state index contributed by atoms with van der Waals surface area (Å²) in [6.07, 6.45) is 0.962. The van der Waals surface area contributed by atoms with Crippen LogP contribution in [-0.2, 0) is 32.6 Å². The molecule has 9 heteroatoms. The van der Waals surface area contributed by atoms with Gasteiger partial charge in [-0.2, -0.15) is 0 Å². The molecule has 0 saturated heterocycles. The first-order chi connectivity index (χ1) is 21.1. The number of nitrogens with one attached hydrogen (secondary N) is 1. The maximum atomic E-state index is 14.5. The number of benzene rings is 4. The predicted octanol–water partition coefficient (Wildman–Crippen LogP) is 6.40. The van der Waals surface area contributed by atoms with E-state index in [0.717, 1.165) is 21.0 Å². The third kappa shape index (κ3) is 8.49. The van der Waals surface area contributed by atoms with E-state index in [1.807, 2.05) is 57.2 Å². The zero-order valence-corrected chi connectivity index (χ0v) is 26.8. The fourth-order valence-corrected chi connectivity index (χ4v) is 6.37. The van der Waals surface area contributed by atoms with Crippen molar-refractivity contribution in [2.24, 2.45) is 0 Å². The quantitative estimate of drug-likeness (QED) is 0.185. The molecular formula is C35H38ClN3O4S. The van der Waals surface area contributed by atoms with Gasteiger partial charge in [0.1, 0.15) is 12.6 Å². The summed E-state index contributed by atoms with van der Waals surface area (Å²) in [7, 11) is -4.14. The summed E-state index contributed by atoms with van der Waals surface area (Å²) >= 11 is 6.14. The molecule has 2 amide bonds. The summed E-state index contributed by atoms with van der Waals surface area (Å²) in [5.74, 6) is -0.820. The van der Waals surface area contributed by atoms with Crippen molar-refractivity contribution in [1.29, 1.82) is 0 Å². The molecule has 0 radical (unpaired) electrons. The Balaban J connectivity index is 1.80. The summed E-state index contributed by atoms with van der Waals surface area (Å²) in [4.78, 5) is 29.9. The van der Waals surface area contributed by atoms with E-state index in [0.29, 0.717) is 17.1 Å². The molecule has 0 aromatic heterocycles. The fourth-order valence-electron chi connectivity index (χ4n) is 4.81. The number of nitrogens with zero attached hydrogens (tertiary/aromatic N) is 2. The van der Waals surface area contributed by atoms with Gasteiger partial charge in [0.2, 0.25) is 11.8 Å². The van der Waals surface area contributed by atoms with Crippen LogP contribution in [0.3, 0.4) is 0 Å². The lowest BCUT2D eigenvalue weighted by Crippen LogP contribution is -2.54. The molecule has 4 rings (SSSR count). The van der Waals surface area contributed by atoms with Crippen LogP contribution in [0.25, 0.3) is 0 Å². The molecule has 1 N–H and O–H groups in total. The van der Waals surface area contributed by atoms with Crippen molar-refractivity contribution in [3.8, 4) is 0 Å². The fraction of sp³-hybridized carbons (Fsp3) is 0.257. The highest BCUT2D eigenvalue weighted by Crippen LogP contribution is 2.26. The number of amides is 2. The molecule has 0 aliphatic heterocycles. The maximum Gasteiger partial charge on any atom is 0.264 e. The van der Waals surface area contributed by atoms with Crippen LogP contribution in [0.5, 0.6) is 0 Å². The van der Waals surface area contributed by atoms with Crippen LogP contribution in [0.15, 0.2) is 114 Å². The minimum absolute atomic E-state index is 0.0638. The Bertz CT molecular complexity index is 1650. The number of carbonyl (C=O) groups excluding carboxylic acids is 2. The van der Waals surface area contributed by atoms with Crippen LogP contribution >= 0.6 is 11.6 Å². The molecule has 0 spiro atoms. The van der Waals surface area contributed by atoms with Crippen molar-refractivity contribution in [2.75, 3.05) is 10.8 Å². The van der Waals surface area contributed by atoms with Crippen LogP contribution in [0.4, 0.5) is 5.69 Å². The molecule has 44 heavy (non-hydrogen) atoms. The third-order valence-corrected chi connectivity index (χ3v) is 9.48. The Kier molecular flexibility index (Phi) is 11.2. The summed E-state index contributed by atoms with van der Waals surface area (Å²) in [5.41, 5.74) is 2.83. The molecular weight excluding hydrogens is 594 g/mol. The highest BCUT2D eigenvalue weighted by Gasteiger charge is 2.35. The first kappa shape index (κ1) is 32.8. The van der Waals surface area contributed by atoms with E-state index in [1.54, 1.807) is 60.7 Å². The topological polar surface area (TPSA) is 86.8 Å². The first-order valence-corrected chi connectivity index (χ1v) is 16.4. The predicted molar refractivity (Wildman–Crippen MR) is 176 cm³/mol. The second kappa shape index (κ2) is 15.0. The number of anilines is 1. The lowest BCUT2D eigenvalue weighted by Gasteiger charge is -2.34. The summed E-state index contributed by atoms with van der Waals surface area (Å²) in [5, 5.41) is 3.59. The van der Waals surface area contributed by atoms with Gasteiger partial charge in [-0.3, -0.25) is 13.9 Å². The number of aryl methyl sites for hydroxylation is 1. The van der Waals surface area contributed by atoms with Crippen molar-refractivity contribution >= 4 is 39.1 Å². The van der Waals surface area contributed by atoms with Crippen LogP contribution < -0.4 is 9.62 Å². The maximum absolute atomic E-state index is 14.5. The Morgan fingerprint density at radius 3 is 2.09 bits per heavy atom. The molecule has 0 fully saturated rings. The van der Waals surface area contributed by atoms with Crippen molar-refractivity contribution in [2.45, 2.75) is 57.1 Å². The minimum atomic E-state index is -4.14. The third-order valence-electron chi connectivity index (χ3n) is 7.44. The van der Waals surface area contributed by atoms with E-state index < -0.39 is 28.5 Å². The SMILES string of the molecule is CC[C@@H](C)NC(=O)[C@@H](Cc1ccccc1)N(Cc1ccc(Cl)cc1)C(=O)CN(c1cccc(C)c1)S(=O)(=O)c1ccccc1. The molecule has 230 valence electrons. The van der Waals surface area contributed by atoms with Gasteiger partial charge >= 0.3 is 0 Å². The van der Waals surface area contributed by atoms with Gasteiger partial charge in [-0.1, -0.05) is 91.3 Å². The molecule has 7 nitrogen and oxygen atoms in total. The van der Waals surface area contributed by atoms with E-state index in [2.05, 4.69) is 5.32 Å². The van der Waals surface area contributed by atoms with Crippen molar-refractivity contribution in [3.63, 3.8) is 0 Å². The average molecular weight is 632 g/mol. The Morgan fingerprint density at radius 1 is 0.841 bits per heavy atom. The van der Waals surface area contributed by atoms with Crippen LogP contribution in [0.2, 0.25) is 5.02 Å². The average Bonchev–Trinajstić information content (AvgIpc) is 3.03. The molecule has 0 saturated carbocycles. The number of hydrogen-bond donors (Lipinski definition) is 1. The van der Waals surface area contributed by atoms with E-state index in [-0.39, 0.29) is 29.8 Å². The van der Waals surface area contributed by atoms with Crippen LogP contribution in [0, 0.1) is 6.92 Å². The van der Waals surface area contributed by atoms with E-state index >= 15 is 0 Å². The molecule has 0 heterocycles. The minimum Gasteiger partial charge on any atom is -0.352 e. The molecule has 0 aliphatic rings. The largest absolute Gasteiger partial charge is 0.352 e. The van der Waals surface area contributed by atoms with Gasteiger partial charge in [-0.05, 0) is 73.4 Å². The highest BCUT2D eigenvalue weighted by molar-refractivity contribution is 7.92. The van der Waals surface area contributed by atoms with Gasteiger partial charge < -0.3 is 10.2 Å². The summed E-state index contributed by atoms with van der Waals surface area (Å²) in [6.45, 7) is 5.32. The normalized spacial score (nSPS) is 12.6. The van der Waals surface area contributed by atoms with Gasteiger partial charge in [0.15, 0.2) is 0 Å². The zero-order valence-electron chi connectivity index (χ0n) is 25.2. The monoisotopic (exact) mass is 631 g/mol. The lowest BCUT2D eigenvalue weighted by atomic mass is 10.0. The number of hydrogen-bond acceptors (Lipinski definition) is 4. The molecule has 4 aromatic rings. The lowest BCUT2D eigenvalue weighted by molar-refractivity contribution is -0.140. The van der Waals surface area contributed by atoms with Gasteiger partial charge in [0.25, 0.3) is 10.0 Å². The van der Waals surface area contributed by atoms with Gasteiger partial charge in [0, 0.05) is 24.0 Å². The summed E-state index contributed by atoms with van der Waals surface area (Å²) in [6, 6.07) is 30.6. The Hall–Kier alpha value is -4.14. The molecule has 0 aliphatic carbocycles.